The maximum Gasteiger partial charge on any atom is 0.307 e. The normalized spacial score (nSPS) is 11.8. The molecule has 0 aliphatic rings. The van der Waals surface area contributed by atoms with E-state index in [0.29, 0.717) is 0 Å². The Labute approximate surface area is 142 Å². The van der Waals surface area contributed by atoms with Crippen molar-refractivity contribution < 1.29 is 18.7 Å². The van der Waals surface area contributed by atoms with Crippen LogP contribution in [0.25, 0.3) is 0 Å². The number of carbonyl (C=O) groups excluding carboxylic acids is 2. The number of halogens is 2. The van der Waals surface area contributed by atoms with E-state index < -0.39 is 23.7 Å². The van der Waals surface area contributed by atoms with Gasteiger partial charge in [-0.1, -0.05) is 23.7 Å². The predicted octanol–water partition coefficient (Wildman–Crippen LogP) is 3.50. The molecule has 4 nitrogen and oxygen atoms in total. The van der Waals surface area contributed by atoms with Crippen LogP contribution < -0.4 is 5.32 Å². The second kappa shape index (κ2) is 8.08. The Bertz CT molecular complexity index is 670. The maximum atomic E-state index is 13.7. The Hall–Kier alpha value is -1.92. The summed E-state index contributed by atoms with van der Waals surface area (Å²) in [5.41, 5.74) is 0.134. The summed E-state index contributed by atoms with van der Waals surface area (Å²) < 4.78 is 18.4. The second-order valence-electron chi connectivity index (χ2n) is 4.79. The predicted molar refractivity (Wildman–Crippen MR) is 86.9 cm³/mol. The maximum absolute atomic E-state index is 13.7. The fraction of sp³-hybridized carbons (Fsp3) is 0.250. The first-order chi connectivity index (χ1) is 11.0. The van der Waals surface area contributed by atoms with Crippen molar-refractivity contribution in [1.82, 2.24) is 5.32 Å². The molecule has 2 aromatic rings. The van der Waals surface area contributed by atoms with Crippen LogP contribution in [0.1, 0.15) is 22.9 Å². The zero-order valence-corrected chi connectivity index (χ0v) is 13.9. The monoisotopic (exact) mass is 355 g/mol. The first-order valence-corrected chi connectivity index (χ1v) is 8.09. The highest BCUT2D eigenvalue weighted by molar-refractivity contribution is 7.10. The Kier molecular flexibility index (Phi) is 6.12. The molecule has 0 aliphatic heterocycles. The van der Waals surface area contributed by atoms with Gasteiger partial charge in [-0.3, -0.25) is 9.59 Å². The molecular formula is C16H15ClFNO3S. The van der Waals surface area contributed by atoms with Gasteiger partial charge in [-0.15, -0.1) is 11.3 Å². The fourth-order valence-corrected chi connectivity index (χ4v) is 3.08. The van der Waals surface area contributed by atoms with E-state index in [4.69, 9.17) is 11.6 Å². The fourth-order valence-electron chi connectivity index (χ4n) is 2.07. The molecule has 2 rings (SSSR count). The summed E-state index contributed by atoms with van der Waals surface area (Å²) in [6, 6.07) is 7.38. The third-order valence-corrected chi connectivity index (χ3v) is 4.56. The highest BCUT2D eigenvalue weighted by Gasteiger charge is 2.21. The summed E-state index contributed by atoms with van der Waals surface area (Å²) in [7, 11) is 1.29. The number of thiophene rings is 1. The molecule has 0 spiro atoms. The van der Waals surface area contributed by atoms with Crippen LogP contribution in [0.5, 0.6) is 0 Å². The van der Waals surface area contributed by atoms with Crippen LogP contribution in [0.2, 0.25) is 5.02 Å². The van der Waals surface area contributed by atoms with Crippen LogP contribution in [0, 0.1) is 5.82 Å². The van der Waals surface area contributed by atoms with Gasteiger partial charge in [0.15, 0.2) is 0 Å². The van der Waals surface area contributed by atoms with Gasteiger partial charge < -0.3 is 10.1 Å². The summed E-state index contributed by atoms with van der Waals surface area (Å²) in [5, 5.41) is 4.77. The van der Waals surface area contributed by atoms with Gasteiger partial charge in [0.1, 0.15) is 5.82 Å². The van der Waals surface area contributed by atoms with Gasteiger partial charge >= 0.3 is 5.97 Å². The van der Waals surface area contributed by atoms with Crippen molar-refractivity contribution in [2.45, 2.75) is 18.9 Å². The molecule has 0 radical (unpaired) electrons. The van der Waals surface area contributed by atoms with Crippen LogP contribution in [0.15, 0.2) is 35.7 Å². The van der Waals surface area contributed by atoms with Crippen molar-refractivity contribution >= 4 is 34.8 Å². The standard InChI is InChI=1S/C16H15ClFNO3S/c1-22-16(21)9-13(14-6-3-7-23-14)19-15(20)8-10-11(17)4-2-5-12(10)18/h2-7,13H,8-9H2,1H3,(H,19,20). The zero-order valence-electron chi connectivity index (χ0n) is 12.3. The zero-order chi connectivity index (χ0) is 16.8. The third-order valence-electron chi connectivity index (χ3n) is 3.22. The van der Waals surface area contributed by atoms with Gasteiger partial charge in [0, 0.05) is 15.5 Å². The molecule has 23 heavy (non-hydrogen) atoms. The Morgan fingerprint density at radius 2 is 2.13 bits per heavy atom. The van der Waals surface area contributed by atoms with Gasteiger partial charge in [0.05, 0.1) is 26.0 Å². The summed E-state index contributed by atoms with van der Waals surface area (Å²) in [4.78, 5) is 24.5. The van der Waals surface area contributed by atoms with E-state index in [0.717, 1.165) is 4.88 Å². The summed E-state index contributed by atoms with van der Waals surface area (Å²) >= 11 is 7.34. The summed E-state index contributed by atoms with van der Waals surface area (Å²) in [6.07, 6.45) is -0.192. The molecule has 0 bridgehead atoms. The SMILES string of the molecule is COC(=O)CC(NC(=O)Cc1c(F)cccc1Cl)c1cccs1. The molecule has 1 unspecified atom stereocenters. The highest BCUT2D eigenvalue weighted by Crippen LogP contribution is 2.24. The minimum Gasteiger partial charge on any atom is -0.469 e. The molecule has 1 aromatic carbocycles. The number of esters is 1. The largest absolute Gasteiger partial charge is 0.469 e. The molecule has 0 saturated carbocycles. The van der Waals surface area contributed by atoms with Crippen molar-refractivity contribution in [1.29, 1.82) is 0 Å². The van der Waals surface area contributed by atoms with E-state index in [2.05, 4.69) is 10.1 Å². The van der Waals surface area contributed by atoms with Crippen molar-refractivity contribution in [2.75, 3.05) is 7.11 Å². The topological polar surface area (TPSA) is 55.4 Å². The molecule has 122 valence electrons. The number of rotatable bonds is 6. The third kappa shape index (κ3) is 4.77. The molecule has 1 aromatic heterocycles. The lowest BCUT2D eigenvalue weighted by atomic mass is 10.1. The Morgan fingerprint density at radius 3 is 2.74 bits per heavy atom. The lowest BCUT2D eigenvalue weighted by Gasteiger charge is -2.17. The average molecular weight is 356 g/mol. The summed E-state index contributed by atoms with van der Waals surface area (Å²) in [5.74, 6) is -1.39. The lowest BCUT2D eigenvalue weighted by Crippen LogP contribution is -2.31. The minimum atomic E-state index is -0.534. The second-order valence-corrected chi connectivity index (χ2v) is 6.18. The summed E-state index contributed by atoms with van der Waals surface area (Å²) in [6.45, 7) is 0. The van der Waals surface area contributed by atoms with E-state index in [9.17, 15) is 14.0 Å². The first kappa shape index (κ1) is 17.4. The molecule has 0 aliphatic carbocycles. The van der Waals surface area contributed by atoms with E-state index >= 15 is 0 Å². The quantitative estimate of drug-likeness (QED) is 0.807. The number of amides is 1. The first-order valence-electron chi connectivity index (χ1n) is 6.83. The minimum absolute atomic E-state index is 0.00770. The molecule has 1 N–H and O–H groups in total. The van der Waals surface area contributed by atoms with E-state index in [1.165, 1.54) is 36.6 Å². The molecular weight excluding hydrogens is 341 g/mol. The van der Waals surface area contributed by atoms with Gasteiger partial charge in [-0.05, 0) is 23.6 Å². The lowest BCUT2D eigenvalue weighted by molar-refractivity contribution is -0.141. The highest BCUT2D eigenvalue weighted by atomic mass is 35.5. The van der Waals surface area contributed by atoms with E-state index in [1.54, 1.807) is 0 Å². The van der Waals surface area contributed by atoms with Gasteiger partial charge in [0.25, 0.3) is 0 Å². The van der Waals surface area contributed by atoms with Crippen molar-refractivity contribution in [3.05, 3.63) is 57.0 Å². The molecule has 0 saturated heterocycles. The van der Waals surface area contributed by atoms with Crippen molar-refractivity contribution in [2.24, 2.45) is 0 Å². The van der Waals surface area contributed by atoms with Crippen LogP contribution in [0.3, 0.4) is 0 Å². The Balaban J connectivity index is 2.10. The number of benzene rings is 1. The number of hydrogen-bond acceptors (Lipinski definition) is 4. The smallest absolute Gasteiger partial charge is 0.307 e. The van der Waals surface area contributed by atoms with Crippen LogP contribution in [0.4, 0.5) is 4.39 Å². The number of ether oxygens (including phenoxy) is 1. The van der Waals surface area contributed by atoms with Gasteiger partial charge in [0.2, 0.25) is 5.91 Å². The average Bonchev–Trinajstić information content (AvgIpc) is 3.04. The molecule has 0 fully saturated rings. The number of nitrogens with one attached hydrogen (secondary N) is 1. The van der Waals surface area contributed by atoms with Crippen LogP contribution in [-0.2, 0) is 20.7 Å². The van der Waals surface area contributed by atoms with Crippen molar-refractivity contribution in [3.63, 3.8) is 0 Å². The Morgan fingerprint density at radius 1 is 1.35 bits per heavy atom. The number of methoxy groups -OCH3 is 1. The van der Waals surface area contributed by atoms with Gasteiger partial charge in [-0.25, -0.2) is 4.39 Å². The van der Waals surface area contributed by atoms with Crippen LogP contribution >= 0.6 is 22.9 Å². The molecule has 7 heteroatoms. The molecule has 1 atom stereocenters. The van der Waals surface area contributed by atoms with E-state index in [-0.39, 0.29) is 23.4 Å². The number of hydrogen-bond donors (Lipinski definition) is 1. The molecule has 1 amide bonds. The molecule has 1 heterocycles. The number of carbonyl (C=O) groups is 2. The van der Waals surface area contributed by atoms with Crippen LogP contribution in [-0.4, -0.2) is 19.0 Å². The van der Waals surface area contributed by atoms with E-state index in [1.807, 2.05) is 17.5 Å². The van der Waals surface area contributed by atoms with Gasteiger partial charge in [-0.2, -0.15) is 0 Å². The van der Waals surface area contributed by atoms with Crippen molar-refractivity contribution in [3.8, 4) is 0 Å².